The van der Waals surface area contributed by atoms with Gasteiger partial charge in [-0.1, -0.05) is 13.3 Å². The van der Waals surface area contributed by atoms with Crippen LogP contribution >= 0.6 is 0 Å². The minimum absolute atomic E-state index is 0.460. The van der Waals surface area contributed by atoms with E-state index in [0.717, 1.165) is 19.3 Å². The lowest BCUT2D eigenvalue weighted by molar-refractivity contribution is -0.154. The van der Waals surface area contributed by atoms with Crippen LogP contribution in [0.4, 0.5) is 4.79 Å². The highest BCUT2D eigenvalue weighted by molar-refractivity contribution is 5.84. The fourth-order valence-electron chi connectivity index (χ4n) is 2.62. The zero-order valence-electron chi connectivity index (χ0n) is 12.4. The maximum atomic E-state index is 12.2. The molecule has 5 nitrogen and oxygen atoms in total. The van der Waals surface area contributed by atoms with Crippen LogP contribution in [0.15, 0.2) is 0 Å². The van der Waals surface area contributed by atoms with Crippen LogP contribution < -0.4 is 0 Å². The molecule has 0 saturated carbocycles. The zero-order chi connectivity index (χ0) is 14.7. The molecule has 0 aromatic rings. The summed E-state index contributed by atoms with van der Waals surface area (Å²) in [5, 5.41) is 9.59. The van der Waals surface area contributed by atoms with Gasteiger partial charge in [0.2, 0.25) is 0 Å². The van der Waals surface area contributed by atoms with Gasteiger partial charge in [0.15, 0.2) is 0 Å². The third-order valence-corrected chi connectivity index (χ3v) is 3.41. The highest BCUT2D eigenvalue weighted by Crippen LogP contribution is 2.34. The maximum absolute atomic E-state index is 12.2. The van der Waals surface area contributed by atoms with Gasteiger partial charge in [-0.2, -0.15) is 0 Å². The molecule has 0 aromatic heterocycles. The van der Waals surface area contributed by atoms with Crippen LogP contribution in [0.5, 0.6) is 0 Å². The molecule has 1 amide bonds. The number of aliphatic carboxylic acids is 1. The molecule has 1 aliphatic heterocycles. The third kappa shape index (κ3) is 3.61. The number of nitrogens with zero attached hydrogens (tertiary/aromatic N) is 1. The van der Waals surface area contributed by atoms with Gasteiger partial charge in [-0.25, -0.2) is 9.59 Å². The SMILES string of the molecule is CCCC1(C(=O)O)CCCCN1C(=O)OC(C)(C)C. The number of carboxylic acid groups (broad SMARTS) is 1. The van der Waals surface area contributed by atoms with Crippen molar-refractivity contribution in [3.8, 4) is 0 Å². The highest BCUT2D eigenvalue weighted by atomic mass is 16.6. The van der Waals surface area contributed by atoms with Gasteiger partial charge in [0.25, 0.3) is 0 Å². The quantitative estimate of drug-likeness (QED) is 0.856. The van der Waals surface area contributed by atoms with Crippen LogP contribution in [0.3, 0.4) is 0 Å². The molecule has 1 aliphatic rings. The molecule has 5 heteroatoms. The Morgan fingerprint density at radius 2 is 1.95 bits per heavy atom. The molecule has 0 bridgehead atoms. The smallest absolute Gasteiger partial charge is 0.411 e. The molecule has 1 saturated heterocycles. The number of carboxylic acids is 1. The summed E-state index contributed by atoms with van der Waals surface area (Å²) in [6.45, 7) is 7.76. The van der Waals surface area contributed by atoms with Crippen molar-refractivity contribution in [2.45, 2.75) is 70.9 Å². The Balaban J connectivity index is 2.98. The standard InChI is InChI=1S/C14H25NO4/c1-5-8-14(11(16)17)9-6-7-10-15(14)12(18)19-13(2,3)4/h5-10H2,1-4H3,(H,16,17). The van der Waals surface area contributed by atoms with Gasteiger partial charge in [0, 0.05) is 6.54 Å². The minimum atomic E-state index is -1.09. The summed E-state index contributed by atoms with van der Waals surface area (Å²) < 4.78 is 5.35. The van der Waals surface area contributed by atoms with Gasteiger partial charge in [0.1, 0.15) is 11.1 Å². The van der Waals surface area contributed by atoms with E-state index in [1.54, 1.807) is 20.8 Å². The molecule has 1 unspecified atom stereocenters. The van der Waals surface area contributed by atoms with Crippen LogP contribution in [0.1, 0.15) is 59.8 Å². The number of rotatable bonds is 3. The molecule has 0 radical (unpaired) electrons. The Bertz CT molecular complexity index is 344. The molecule has 19 heavy (non-hydrogen) atoms. The van der Waals surface area contributed by atoms with E-state index in [-0.39, 0.29) is 0 Å². The number of ether oxygens (including phenoxy) is 1. The van der Waals surface area contributed by atoms with E-state index in [2.05, 4.69) is 0 Å². The fraction of sp³-hybridized carbons (Fsp3) is 0.857. The average Bonchev–Trinajstić information content (AvgIpc) is 2.27. The van der Waals surface area contributed by atoms with Gasteiger partial charge in [-0.3, -0.25) is 4.90 Å². The molecular weight excluding hydrogens is 246 g/mol. The van der Waals surface area contributed by atoms with E-state index < -0.39 is 23.2 Å². The molecular formula is C14H25NO4. The van der Waals surface area contributed by atoms with Crippen molar-refractivity contribution in [1.82, 2.24) is 4.90 Å². The van der Waals surface area contributed by atoms with Gasteiger partial charge < -0.3 is 9.84 Å². The lowest BCUT2D eigenvalue weighted by Gasteiger charge is -2.44. The van der Waals surface area contributed by atoms with Gasteiger partial charge in [-0.15, -0.1) is 0 Å². The molecule has 1 heterocycles. The number of hydrogen-bond acceptors (Lipinski definition) is 3. The van der Waals surface area contributed by atoms with Gasteiger partial charge >= 0.3 is 12.1 Å². The molecule has 1 rings (SSSR count). The van der Waals surface area contributed by atoms with Crippen LogP contribution in [-0.2, 0) is 9.53 Å². The van der Waals surface area contributed by atoms with Crippen LogP contribution in [-0.4, -0.2) is 39.8 Å². The third-order valence-electron chi connectivity index (χ3n) is 3.41. The molecule has 1 atom stereocenters. The van der Waals surface area contributed by atoms with Crippen molar-refractivity contribution in [2.75, 3.05) is 6.54 Å². The summed E-state index contributed by atoms with van der Waals surface area (Å²) in [5.41, 5.74) is -1.69. The first-order valence-electron chi connectivity index (χ1n) is 6.97. The molecule has 0 aliphatic carbocycles. The second-order valence-corrected chi connectivity index (χ2v) is 6.18. The Labute approximate surface area is 114 Å². The van der Waals surface area contributed by atoms with E-state index in [0.29, 0.717) is 19.4 Å². The summed E-state index contributed by atoms with van der Waals surface area (Å²) in [6, 6.07) is 0. The fourth-order valence-corrected chi connectivity index (χ4v) is 2.62. The number of amides is 1. The van der Waals surface area contributed by atoms with Crippen LogP contribution in [0.25, 0.3) is 0 Å². The van der Waals surface area contributed by atoms with Crippen molar-refractivity contribution >= 4 is 12.1 Å². The second kappa shape index (κ2) is 5.80. The molecule has 0 spiro atoms. The molecule has 1 fully saturated rings. The van der Waals surface area contributed by atoms with Gasteiger partial charge in [0.05, 0.1) is 0 Å². The number of likely N-dealkylation sites (tertiary alicyclic amines) is 1. The molecule has 110 valence electrons. The first-order chi connectivity index (χ1) is 8.73. The van der Waals surface area contributed by atoms with Crippen molar-refractivity contribution in [1.29, 1.82) is 0 Å². The molecule has 0 aromatic carbocycles. The minimum Gasteiger partial charge on any atom is -0.479 e. The van der Waals surface area contributed by atoms with Gasteiger partial charge in [-0.05, 0) is 46.5 Å². The lowest BCUT2D eigenvalue weighted by atomic mass is 9.83. The largest absolute Gasteiger partial charge is 0.479 e. The summed E-state index contributed by atoms with van der Waals surface area (Å²) in [7, 11) is 0. The normalized spacial score (nSPS) is 24.1. The Morgan fingerprint density at radius 1 is 1.32 bits per heavy atom. The number of piperidine rings is 1. The summed E-state index contributed by atoms with van der Waals surface area (Å²) in [6.07, 6.45) is 2.87. The van der Waals surface area contributed by atoms with Crippen molar-refractivity contribution in [3.05, 3.63) is 0 Å². The van der Waals surface area contributed by atoms with E-state index in [9.17, 15) is 14.7 Å². The Morgan fingerprint density at radius 3 is 2.42 bits per heavy atom. The van der Waals surface area contributed by atoms with Crippen LogP contribution in [0, 0.1) is 0 Å². The lowest BCUT2D eigenvalue weighted by Crippen LogP contribution is -2.60. The summed E-state index contributed by atoms with van der Waals surface area (Å²) >= 11 is 0. The van der Waals surface area contributed by atoms with Crippen molar-refractivity contribution in [2.24, 2.45) is 0 Å². The highest BCUT2D eigenvalue weighted by Gasteiger charge is 2.48. The Hall–Kier alpha value is -1.26. The number of hydrogen-bond donors (Lipinski definition) is 1. The van der Waals surface area contributed by atoms with E-state index >= 15 is 0 Å². The topological polar surface area (TPSA) is 66.8 Å². The number of carbonyl (C=O) groups excluding carboxylic acids is 1. The summed E-state index contributed by atoms with van der Waals surface area (Å²) in [4.78, 5) is 25.4. The summed E-state index contributed by atoms with van der Waals surface area (Å²) in [5.74, 6) is -0.917. The Kier molecular flexibility index (Phi) is 4.82. The average molecular weight is 271 g/mol. The van der Waals surface area contributed by atoms with E-state index in [1.165, 1.54) is 4.90 Å². The predicted octanol–water partition coefficient (Wildman–Crippen LogP) is 3.03. The van der Waals surface area contributed by atoms with Crippen molar-refractivity contribution in [3.63, 3.8) is 0 Å². The monoisotopic (exact) mass is 271 g/mol. The predicted molar refractivity (Wildman–Crippen MR) is 72.1 cm³/mol. The second-order valence-electron chi connectivity index (χ2n) is 6.18. The van der Waals surface area contributed by atoms with E-state index in [4.69, 9.17) is 4.74 Å². The number of carbonyl (C=O) groups is 2. The first kappa shape index (κ1) is 15.8. The zero-order valence-corrected chi connectivity index (χ0v) is 12.4. The van der Waals surface area contributed by atoms with Crippen LogP contribution in [0.2, 0.25) is 0 Å². The molecule has 1 N–H and O–H groups in total. The maximum Gasteiger partial charge on any atom is 0.411 e. The van der Waals surface area contributed by atoms with E-state index in [1.807, 2.05) is 6.92 Å². The van der Waals surface area contributed by atoms with Crippen molar-refractivity contribution < 1.29 is 19.4 Å². The first-order valence-corrected chi connectivity index (χ1v) is 6.97.